The summed E-state index contributed by atoms with van der Waals surface area (Å²) in [4.78, 5) is 33.0. The molecule has 0 bridgehead atoms. The number of aromatic amines is 1. The fourth-order valence-corrected chi connectivity index (χ4v) is 3.26. The van der Waals surface area contributed by atoms with E-state index in [4.69, 9.17) is 5.11 Å². The smallest absolute Gasteiger partial charge is 0.306 e. The second-order valence-corrected chi connectivity index (χ2v) is 6.20. The van der Waals surface area contributed by atoms with Crippen LogP contribution in [0.5, 0.6) is 0 Å². The lowest BCUT2D eigenvalue weighted by Gasteiger charge is -2.36. The zero-order valence-electron chi connectivity index (χ0n) is 13.2. The Hall–Kier alpha value is -2.37. The Morgan fingerprint density at radius 2 is 2.17 bits per heavy atom. The van der Waals surface area contributed by atoms with Gasteiger partial charge in [-0.3, -0.25) is 9.59 Å². The van der Waals surface area contributed by atoms with Gasteiger partial charge < -0.3 is 15.0 Å². The van der Waals surface area contributed by atoms with Crippen LogP contribution in [0.1, 0.15) is 32.0 Å². The molecule has 2 atom stereocenters. The van der Waals surface area contributed by atoms with E-state index in [2.05, 4.69) is 9.97 Å². The number of hydrogen-bond acceptors (Lipinski definition) is 3. The van der Waals surface area contributed by atoms with Gasteiger partial charge >= 0.3 is 5.97 Å². The second kappa shape index (κ2) is 6.40. The molecule has 1 aromatic carbocycles. The van der Waals surface area contributed by atoms with Gasteiger partial charge in [-0.2, -0.15) is 0 Å². The number of fused-ring (bicyclic) bond motifs is 1. The van der Waals surface area contributed by atoms with Crippen LogP contribution in [0.2, 0.25) is 0 Å². The van der Waals surface area contributed by atoms with Gasteiger partial charge in [0, 0.05) is 25.4 Å². The number of H-pyrrole nitrogens is 1. The van der Waals surface area contributed by atoms with Crippen LogP contribution in [0.3, 0.4) is 0 Å². The summed E-state index contributed by atoms with van der Waals surface area (Å²) in [7, 11) is 0. The van der Waals surface area contributed by atoms with Gasteiger partial charge in [-0.25, -0.2) is 4.98 Å². The van der Waals surface area contributed by atoms with Crippen LogP contribution in [-0.4, -0.2) is 44.4 Å². The lowest BCUT2D eigenvalue weighted by Crippen LogP contribution is -2.46. The number of carbonyl (C=O) groups excluding carboxylic acids is 1. The van der Waals surface area contributed by atoms with Crippen molar-refractivity contribution >= 4 is 22.9 Å². The monoisotopic (exact) mass is 315 g/mol. The lowest BCUT2D eigenvalue weighted by atomic mass is 9.91. The molecule has 1 aliphatic rings. The fraction of sp³-hybridized carbons (Fsp3) is 0.471. The average Bonchev–Trinajstić information content (AvgIpc) is 2.95. The first-order chi connectivity index (χ1) is 11.0. The molecule has 122 valence electrons. The van der Waals surface area contributed by atoms with Crippen molar-refractivity contribution in [2.24, 2.45) is 5.92 Å². The van der Waals surface area contributed by atoms with Crippen molar-refractivity contribution in [3.05, 3.63) is 30.1 Å². The molecule has 2 aromatic rings. The van der Waals surface area contributed by atoms with E-state index in [9.17, 15) is 9.59 Å². The number of carboxylic acids is 1. The number of carbonyl (C=O) groups is 2. The molecule has 0 saturated carbocycles. The molecule has 1 aliphatic heterocycles. The maximum atomic E-state index is 12.4. The van der Waals surface area contributed by atoms with Gasteiger partial charge in [0.15, 0.2) is 0 Å². The number of hydrogen-bond donors (Lipinski definition) is 2. The van der Waals surface area contributed by atoms with Gasteiger partial charge in [0.05, 0.1) is 17.0 Å². The van der Waals surface area contributed by atoms with Gasteiger partial charge in [-0.1, -0.05) is 12.1 Å². The highest BCUT2D eigenvalue weighted by molar-refractivity contribution is 5.78. The highest BCUT2D eigenvalue weighted by Gasteiger charge is 2.31. The standard InChI is InChI=1S/C17H21N3O3/c1-11-10-12(17(22)23)8-9-20(11)16(21)7-6-15-18-13-4-2-3-5-14(13)19-15/h2-5,11-12H,6-10H2,1H3,(H,18,19)(H,22,23). The van der Waals surface area contributed by atoms with Gasteiger partial charge in [-0.15, -0.1) is 0 Å². The van der Waals surface area contributed by atoms with Crippen LogP contribution < -0.4 is 0 Å². The van der Waals surface area contributed by atoms with E-state index in [1.165, 1.54) is 0 Å². The number of aromatic nitrogens is 2. The third-order valence-electron chi connectivity index (χ3n) is 4.56. The highest BCUT2D eigenvalue weighted by atomic mass is 16.4. The Balaban J connectivity index is 1.58. The summed E-state index contributed by atoms with van der Waals surface area (Å²) >= 11 is 0. The van der Waals surface area contributed by atoms with Crippen molar-refractivity contribution in [3.8, 4) is 0 Å². The molecule has 6 heteroatoms. The van der Waals surface area contributed by atoms with Crippen molar-refractivity contribution in [1.82, 2.24) is 14.9 Å². The quantitative estimate of drug-likeness (QED) is 0.905. The van der Waals surface area contributed by atoms with E-state index >= 15 is 0 Å². The van der Waals surface area contributed by atoms with Crippen LogP contribution in [-0.2, 0) is 16.0 Å². The van der Waals surface area contributed by atoms with Crippen molar-refractivity contribution in [2.45, 2.75) is 38.6 Å². The number of carboxylic acid groups (broad SMARTS) is 1. The first kappa shape index (κ1) is 15.5. The second-order valence-electron chi connectivity index (χ2n) is 6.20. The maximum Gasteiger partial charge on any atom is 0.306 e. The first-order valence-corrected chi connectivity index (χ1v) is 8.00. The molecule has 23 heavy (non-hydrogen) atoms. The minimum atomic E-state index is -0.758. The Bertz CT molecular complexity index is 692. The SMILES string of the molecule is CC1CC(C(=O)O)CCN1C(=O)CCc1nc2ccccc2[nH]1. The van der Waals surface area contributed by atoms with Crippen molar-refractivity contribution in [1.29, 1.82) is 0 Å². The van der Waals surface area contributed by atoms with Crippen molar-refractivity contribution in [2.75, 3.05) is 6.54 Å². The number of amides is 1. The number of para-hydroxylation sites is 2. The normalized spacial score (nSPS) is 21.5. The van der Waals surface area contributed by atoms with Crippen LogP contribution in [0.25, 0.3) is 11.0 Å². The van der Waals surface area contributed by atoms with E-state index in [1.54, 1.807) is 0 Å². The number of imidazole rings is 1. The molecule has 2 N–H and O–H groups in total. The zero-order chi connectivity index (χ0) is 16.4. The highest BCUT2D eigenvalue weighted by Crippen LogP contribution is 2.24. The molecule has 6 nitrogen and oxygen atoms in total. The summed E-state index contributed by atoms with van der Waals surface area (Å²) in [6, 6.07) is 7.77. The third-order valence-corrected chi connectivity index (χ3v) is 4.56. The molecule has 2 unspecified atom stereocenters. The first-order valence-electron chi connectivity index (χ1n) is 8.00. The summed E-state index contributed by atoms with van der Waals surface area (Å²) in [5.74, 6) is -0.204. The van der Waals surface area contributed by atoms with E-state index in [0.717, 1.165) is 16.9 Å². The van der Waals surface area contributed by atoms with Crippen LogP contribution >= 0.6 is 0 Å². The number of nitrogens with one attached hydrogen (secondary N) is 1. The Kier molecular flexibility index (Phi) is 4.32. The van der Waals surface area contributed by atoms with E-state index in [0.29, 0.717) is 32.2 Å². The Labute approximate surface area is 134 Å². The number of nitrogens with zero attached hydrogens (tertiary/aromatic N) is 2. The number of rotatable bonds is 4. The zero-order valence-corrected chi connectivity index (χ0v) is 13.2. The van der Waals surface area contributed by atoms with Crippen LogP contribution in [0.15, 0.2) is 24.3 Å². The molecular formula is C17H21N3O3. The van der Waals surface area contributed by atoms with Gasteiger partial charge in [-0.05, 0) is 31.9 Å². The summed E-state index contributed by atoms with van der Waals surface area (Å²) in [5, 5.41) is 9.09. The Morgan fingerprint density at radius 1 is 1.39 bits per heavy atom. The molecule has 0 radical (unpaired) electrons. The molecule has 1 saturated heterocycles. The van der Waals surface area contributed by atoms with Crippen molar-refractivity contribution < 1.29 is 14.7 Å². The lowest BCUT2D eigenvalue weighted by molar-refractivity contribution is -0.147. The van der Waals surface area contributed by atoms with Crippen LogP contribution in [0.4, 0.5) is 0 Å². The van der Waals surface area contributed by atoms with Gasteiger partial charge in [0.2, 0.25) is 5.91 Å². The minimum absolute atomic E-state index is 0.0203. The number of likely N-dealkylation sites (tertiary alicyclic amines) is 1. The number of piperidine rings is 1. The molecule has 1 fully saturated rings. The predicted octanol–water partition coefficient (Wildman–Crippen LogP) is 2.21. The fourth-order valence-electron chi connectivity index (χ4n) is 3.26. The number of benzene rings is 1. The summed E-state index contributed by atoms with van der Waals surface area (Å²) in [6.45, 7) is 2.45. The number of aryl methyl sites for hydroxylation is 1. The third kappa shape index (κ3) is 3.36. The molecule has 3 rings (SSSR count). The average molecular weight is 315 g/mol. The topological polar surface area (TPSA) is 86.3 Å². The molecule has 2 heterocycles. The van der Waals surface area contributed by atoms with Crippen molar-refractivity contribution in [3.63, 3.8) is 0 Å². The van der Waals surface area contributed by atoms with Gasteiger partial charge in [0.25, 0.3) is 0 Å². The van der Waals surface area contributed by atoms with Crippen LogP contribution in [0, 0.1) is 5.92 Å². The van der Waals surface area contributed by atoms with E-state index in [1.807, 2.05) is 36.1 Å². The summed E-state index contributed by atoms with van der Waals surface area (Å²) in [5.41, 5.74) is 1.89. The molecule has 1 amide bonds. The van der Waals surface area contributed by atoms with Gasteiger partial charge in [0.1, 0.15) is 5.82 Å². The molecule has 1 aromatic heterocycles. The Morgan fingerprint density at radius 3 is 2.87 bits per heavy atom. The molecule has 0 spiro atoms. The number of aliphatic carboxylic acids is 1. The molecule has 0 aliphatic carbocycles. The largest absolute Gasteiger partial charge is 0.481 e. The van der Waals surface area contributed by atoms with E-state index in [-0.39, 0.29) is 17.9 Å². The molecular weight excluding hydrogens is 294 g/mol. The van der Waals surface area contributed by atoms with E-state index < -0.39 is 5.97 Å². The maximum absolute atomic E-state index is 12.4. The minimum Gasteiger partial charge on any atom is -0.481 e. The predicted molar refractivity (Wildman–Crippen MR) is 85.9 cm³/mol. The summed E-state index contributed by atoms with van der Waals surface area (Å²) < 4.78 is 0. The summed E-state index contributed by atoms with van der Waals surface area (Å²) in [6.07, 6.45) is 2.03.